The van der Waals surface area contributed by atoms with Crippen LogP contribution in [0.2, 0.25) is 0 Å². The lowest BCUT2D eigenvalue weighted by Gasteiger charge is -2.28. The monoisotopic (exact) mass is 375 g/mol. The van der Waals surface area contributed by atoms with Gasteiger partial charge < -0.3 is 5.32 Å². The first-order chi connectivity index (χ1) is 11.3. The molecule has 3 rings (SSSR count). The highest BCUT2D eigenvalue weighted by Crippen LogP contribution is 2.28. The number of halogens is 1. The molecule has 0 radical (unpaired) electrons. The number of sulfone groups is 2. The van der Waals surface area contributed by atoms with Crippen molar-refractivity contribution >= 4 is 19.7 Å². The second kappa shape index (κ2) is 6.72. The minimum absolute atomic E-state index is 0.0264. The van der Waals surface area contributed by atoms with E-state index >= 15 is 0 Å². The predicted molar refractivity (Wildman–Crippen MR) is 89.8 cm³/mol. The Bertz CT molecular complexity index is 784. The molecule has 0 spiro atoms. The third-order valence-electron chi connectivity index (χ3n) is 4.90. The molecule has 2 atom stereocenters. The van der Waals surface area contributed by atoms with Crippen molar-refractivity contribution in [2.45, 2.75) is 54.3 Å². The molecule has 0 unspecified atom stereocenters. The number of hydrogen-bond donors (Lipinski definition) is 1. The van der Waals surface area contributed by atoms with Gasteiger partial charge in [-0.05, 0) is 37.1 Å². The topological polar surface area (TPSA) is 80.3 Å². The van der Waals surface area contributed by atoms with Crippen molar-refractivity contribution in [1.82, 2.24) is 5.32 Å². The standard InChI is InChI=1S/C16H22FNO4S2/c17-12-6-8-14(9-7-12)24(21,22)16-11-23(19,20)10-15(16)18-13-4-2-1-3-5-13/h6-9,13,15-16,18H,1-5,10-11H2/t15-,16-/m0/s1. The number of nitrogens with one attached hydrogen (secondary N) is 1. The van der Waals surface area contributed by atoms with Crippen molar-refractivity contribution in [3.05, 3.63) is 30.1 Å². The number of rotatable bonds is 4. The van der Waals surface area contributed by atoms with Crippen LogP contribution in [-0.2, 0) is 19.7 Å². The Morgan fingerprint density at radius 1 is 1.00 bits per heavy atom. The van der Waals surface area contributed by atoms with Gasteiger partial charge in [0.05, 0.1) is 21.7 Å². The van der Waals surface area contributed by atoms with E-state index in [1.165, 1.54) is 18.6 Å². The molecule has 1 heterocycles. The van der Waals surface area contributed by atoms with Gasteiger partial charge in [0.2, 0.25) is 0 Å². The van der Waals surface area contributed by atoms with Crippen molar-refractivity contribution in [3.8, 4) is 0 Å². The second-order valence-electron chi connectivity index (χ2n) is 6.72. The van der Waals surface area contributed by atoms with Crippen molar-refractivity contribution in [2.75, 3.05) is 11.5 Å². The molecule has 5 nitrogen and oxygen atoms in total. The van der Waals surface area contributed by atoms with Gasteiger partial charge in [-0.3, -0.25) is 0 Å². The maximum Gasteiger partial charge on any atom is 0.183 e. The van der Waals surface area contributed by atoms with Crippen LogP contribution < -0.4 is 5.32 Å². The molecule has 1 saturated carbocycles. The second-order valence-corrected chi connectivity index (χ2v) is 11.0. The van der Waals surface area contributed by atoms with Crippen molar-refractivity contribution in [2.24, 2.45) is 0 Å². The summed E-state index contributed by atoms with van der Waals surface area (Å²) < 4.78 is 62.9. The van der Waals surface area contributed by atoms with Gasteiger partial charge in [-0.1, -0.05) is 19.3 Å². The Kier molecular flexibility index (Phi) is 4.99. The quantitative estimate of drug-likeness (QED) is 0.810. The van der Waals surface area contributed by atoms with E-state index in [-0.39, 0.29) is 22.4 Å². The fourth-order valence-electron chi connectivity index (χ4n) is 3.65. The summed E-state index contributed by atoms with van der Waals surface area (Å²) in [6.45, 7) is 0. The minimum Gasteiger partial charge on any atom is -0.309 e. The zero-order chi connectivity index (χ0) is 17.4. The molecule has 1 saturated heterocycles. The minimum atomic E-state index is -3.83. The predicted octanol–water partition coefficient (Wildman–Crippen LogP) is 1.69. The third-order valence-corrected chi connectivity index (χ3v) is 9.06. The van der Waals surface area contributed by atoms with Crippen LogP contribution in [0.15, 0.2) is 29.2 Å². The molecule has 8 heteroatoms. The summed E-state index contributed by atoms with van der Waals surface area (Å²) in [5.41, 5.74) is 0. The van der Waals surface area contributed by atoms with Gasteiger partial charge in [-0.25, -0.2) is 21.2 Å². The molecule has 2 aliphatic rings. The Morgan fingerprint density at radius 2 is 1.62 bits per heavy atom. The molecule has 0 amide bonds. The molecule has 1 aliphatic carbocycles. The zero-order valence-electron chi connectivity index (χ0n) is 13.3. The van der Waals surface area contributed by atoms with Crippen molar-refractivity contribution < 1.29 is 21.2 Å². The van der Waals surface area contributed by atoms with E-state index in [2.05, 4.69) is 5.32 Å². The summed E-state index contributed by atoms with van der Waals surface area (Å²) >= 11 is 0. The van der Waals surface area contributed by atoms with Crippen molar-refractivity contribution in [3.63, 3.8) is 0 Å². The van der Waals surface area contributed by atoms with E-state index in [9.17, 15) is 21.2 Å². The highest BCUT2D eigenvalue weighted by atomic mass is 32.2. The normalized spacial score (nSPS) is 28.0. The first-order valence-electron chi connectivity index (χ1n) is 8.24. The van der Waals surface area contributed by atoms with Gasteiger partial charge in [-0.15, -0.1) is 0 Å². The van der Waals surface area contributed by atoms with Crippen LogP contribution in [0.4, 0.5) is 4.39 Å². The first-order valence-corrected chi connectivity index (χ1v) is 11.6. The van der Waals surface area contributed by atoms with Gasteiger partial charge in [0.25, 0.3) is 0 Å². The fourth-order valence-corrected chi connectivity index (χ4v) is 8.33. The highest BCUT2D eigenvalue weighted by molar-refractivity contribution is 7.96. The van der Waals surface area contributed by atoms with Crippen LogP contribution in [0.25, 0.3) is 0 Å². The van der Waals surface area contributed by atoms with Crippen molar-refractivity contribution in [1.29, 1.82) is 0 Å². The Balaban J connectivity index is 1.86. The van der Waals surface area contributed by atoms with Crippen LogP contribution >= 0.6 is 0 Å². The smallest absolute Gasteiger partial charge is 0.183 e. The van der Waals surface area contributed by atoms with Crippen LogP contribution in [0, 0.1) is 5.82 Å². The zero-order valence-corrected chi connectivity index (χ0v) is 15.0. The number of benzene rings is 1. The summed E-state index contributed by atoms with van der Waals surface area (Å²) in [4.78, 5) is -0.0264. The van der Waals surface area contributed by atoms with Gasteiger partial charge in [0, 0.05) is 12.1 Å². The molecule has 0 aromatic heterocycles. The summed E-state index contributed by atoms with van der Waals surface area (Å²) in [6, 6.07) is 4.14. The molecule has 1 N–H and O–H groups in total. The van der Waals surface area contributed by atoms with Crippen LogP contribution in [0.5, 0.6) is 0 Å². The Hall–Kier alpha value is -0.990. The molecular formula is C16H22FNO4S2. The lowest BCUT2D eigenvalue weighted by Crippen LogP contribution is -2.48. The van der Waals surface area contributed by atoms with Gasteiger partial charge in [0.1, 0.15) is 5.82 Å². The molecular weight excluding hydrogens is 353 g/mol. The van der Waals surface area contributed by atoms with E-state index in [0.717, 1.165) is 37.8 Å². The Labute approximate surface area is 142 Å². The molecule has 134 valence electrons. The summed E-state index contributed by atoms with van der Waals surface area (Å²) in [5.74, 6) is -1.06. The highest BCUT2D eigenvalue weighted by Gasteiger charge is 2.46. The third kappa shape index (κ3) is 3.81. The van der Waals surface area contributed by atoms with Gasteiger partial charge in [-0.2, -0.15) is 0 Å². The average molecular weight is 375 g/mol. The van der Waals surface area contributed by atoms with Crippen LogP contribution in [0.1, 0.15) is 32.1 Å². The maximum absolute atomic E-state index is 13.1. The molecule has 1 aromatic carbocycles. The molecule has 0 bridgehead atoms. The average Bonchev–Trinajstić information content (AvgIpc) is 2.84. The first kappa shape index (κ1) is 17.8. The number of hydrogen-bond acceptors (Lipinski definition) is 5. The summed E-state index contributed by atoms with van der Waals surface area (Å²) in [5, 5.41) is 2.26. The lowest BCUT2D eigenvalue weighted by atomic mass is 9.95. The summed E-state index contributed by atoms with van der Waals surface area (Å²) in [6.07, 6.45) is 5.21. The van der Waals surface area contributed by atoms with E-state index in [1.54, 1.807) is 0 Å². The fraction of sp³-hybridized carbons (Fsp3) is 0.625. The van der Waals surface area contributed by atoms with Gasteiger partial charge in [0.15, 0.2) is 19.7 Å². The van der Waals surface area contributed by atoms with Gasteiger partial charge >= 0.3 is 0 Å². The molecule has 2 fully saturated rings. The Morgan fingerprint density at radius 3 is 2.25 bits per heavy atom. The van der Waals surface area contributed by atoms with E-state index < -0.39 is 36.8 Å². The SMILES string of the molecule is O=S1(=O)C[C@H](NC2CCCCC2)[C@@H](S(=O)(=O)c2ccc(F)cc2)C1. The van der Waals surface area contributed by atoms with Crippen LogP contribution in [-0.4, -0.2) is 45.7 Å². The summed E-state index contributed by atoms with van der Waals surface area (Å²) in [7, 11) is -7.25. The van der Waals surface area contributed by atoms with E-state index in [4.69, 9.17) is 0 Å². The lowest BCUT2D eigenvalue weighted by molar-refractivity contribution is 0.345. The molecule has 1 aliphatic heterocycles. The van der Waals surface area contributed by atoms with Crippen LogP contribution in [0.3, 0.4) is 0 Å². The maximum atomic E-state index is 13.1. The molecule has 24 heavy (non-hydrogen) atoms. The van der Waals surface area contributed by atoms with E-state index in [1.807, 2.05) is 0 Å². The molecule has 1 aromatic rings. The largest absolute Gasteiger partial charge is 0.309 e. The van der Waals surface area contributed by atoms with E-state index in [0.29, 0.717) is 0 Å².